The number of hydrogen-bond donors (Lipinski definition) is 2. The van der Waals surface area contributed by atoms with Crippen LogP contribution >= 0.6 is 0 Å². The third-order valence-corrected chi connectivity index (χ3v) is 2.23. The molecule has 0 radical (unpaired) electrons. The van der Waals surface area contributed by atoms with Gasteiger partial charge in [-0.25, -0.2) is 0 Å². The van der Waals surface area contributed by atoms with Gasteiger partial charge in [0, 0.05) is 19.0 Å². The Morgan fingerprint density at radius 3 is 2.73 bits per heavy atom. The number of nitrogens with one attached hydrogen (secondary N) is 1. The molecule has 4 heteroatoms. The van der Waals surface area contributed by atoms with Crippen LogP contribution in [-0.2, 0) is 4.79 Å². The number of hydroxylamine groups is 2. The molecule has 1 aliphatic carbocycles. The predicted molar refractivity (Wildman–Crippen MR) is 38.0 cm³/mol. The molecule has 2 fully saturated rings. The van der Waals surface area contributed by atoms with Crippen LogP contribution in [0.5, 0.6) is 0 Å². The number of Topliss-reactive ketones (excluding diaryl/α,β-unsaturated/α-hetero) is 1. The molecule has 0 amide bonds. The molecule has 0 spiro atoms. The minimum atomic E-state index is -0.414. The van der Waals surface area contributed by atoms with Crippen molar-refractivity contribution in [1.29, 1.82) is 0 Å². The molecule has 1 aliphatic heterocycles. The molecule has 0 aromatic heterocycles. The van der Waals surface area contributed by atoms with E-state index in [1.54, 1.807) is 0 Å². The summed E-state index contributed by atoms with van der Waals surface area (Å²) in [5.74, 6) is 0.380. The van der Waals surface area contributed by atoms with E-state index < -0.39 is 6.17 Å². The Kier molecular flexibility index (Phi) is 1.67. The fourth-order valence-corrected chi connectivity index (χ4v) is 1.39. The average molecular weight is 156 g/mol. The van der Waals surface area contributed by atoms with Gasteiger partial charge in [0.15, 0.2) is 5.78 Å². The highest BCUT2D eigenvalue weighted by atomic mass is 16.5. The first-order chi connectivity index (χ1) is 5.29. The van der Waals surface area contributed by atoms with E-state index in [0.717, 1.165) is 17.9 Å². The van der Waals surface area contributed by atoms with Gasteiger partial charge in [0.25, 0.3) is 0 Å². The smallest absolute Gasteiger partial charge is 0.169 e. The lowest BCUT2D eigenvalue weighted by atomic mass is 10.2. The van der Waals surface area contributed by atoms with Gasteiger partial charge < -0.3 is 5.21 Å². The van der Waals surface area contributed by atoms with Crippen molar-refractivity contribution in [3.05, 3.63) is 0 Å². The van der Waals surface area contributed by atoms with E-state index in [9.17, 15) is 10.0 Å². The van der Waals surface area contributed by atoms with Gasteiger partial charge in [-0.3, -0.25) is 10.1 Å². The summed E-state index contributed by atoms with van der Waals surface area (Å²) < 4.78 is 0. The second-order valence-electron chi connectivity index (χ2n) is 3.20. The summed E-state index contributed by atoms with van der Waals surface area (Å²) in [6.45, 7) is 1.27. The van der Waals surface area contributed by atoms with Crippen molar-refractivity contribution in [2.24, 2.45) is 5.92 Å². The first kappa shape index (κ1) is 7.21. The van der Waals surface area contributed by atoms with Crippen molar-refractivity contribution in [2.45, 2.75) is 19.0 Å². The number of hydrogen-bond acceptors (Lipinski definition) is 4. The molecule has 4 nitrogen and oxygen atoms in total. The van der Waals surface area contributed by atoms with E-state index in [2.05, 4.69) is 5.32 Å². The lowest BCUT2D eigenvalue weighted by molar-refractivity contribution is -0.146. The second kappa shape index (κ2) is 2.55. The van der Waals surface area contributed by atoms with E-state index in [1.807, 2.05) is 0 Å². The molecule has 1 saturated heterocycles. The van der Waals surface area contributed by atoms with Crippen LogP contribution in [0.15, 0.2) is 0 Å². The lowest BCUT2D eigenvalue weighted by Gasteiger charge is -2.14. The third-order valence-electron chi connectivity index (χ3n) is 2.23. The van der Waals surface area contributed by atoms with E-state index >= 15 is 0 Å². The van der Waals surface area contributed by atoms with Crippen molar-refractivity contribution in [1.82, 2.24) is 10.4 Å². The Labute approximate surface area is 65.1 Å². The predicted octanol–water partition coefficient (Wildman–Crippen LogP) is -0.414. The molecular weight excluding hydrogens is 144 g/mol. The molecule has 0 bridgehead atoms. The van der Waals surface area contributed by atoms with Crippen LogP contribution in [0.2, 0.25) is 0 Å². The van der Waals surface area contributed by atoms with Gasteiger partial charge in [0.2, 0.25) is 0 Å². The number of carbonyl (C=O) groups is 1. The topological polar surface area (TPSA) is 52.6 Å². The van der Waals surface area contributed by atoms with Crippen LogP contribution in [0, 0.1) is 5.92 Å². The maximum atomic E-state index is 11.4. The van der Waals surface area contributed by atoms with Gasteiger partial charge in [-0.2, -0.15) is 5.06 Å². The largest absolute Gasteiger partial charge is 0.312 e. The average Bonchev–Trinajstić information content (AvgIpc) is 2.74. The first-order valence-electron chi connectivity index (χ1n) is 4.01. The van der Waals surface area contributed by atoms with Crippen molar-refractivity contribution in [2.75, 3.05) is 13.1 Å². The van der Waals surface area contributed by atoms with Crippen LogP contribution in [-0.4, -0.2) is 35.3 Å². The molecule has 0 aromatic rings. The van der Waals surface area contributed by atoms with Crippen molar-refractivity contribution in [3.63, 3.8) is 0 Å². The molecule has 11 heavy (non-hydrogen) atoms. The summed E-state index contributed by atoms with van der Waals surface area (Å²) in [5.41, 5.74) is 0. The van der Waals surface area contributed by atoms with Gasteiger partial charge >= 0.3 is 0 Å². The molecule has 2 N–H and O–H groups in total. The molecular formula is C7H12N2O2. The fraction of sp³-hybridized carbons (Fsp3) is 0.857. The maximum absolute atomic E-state index is 11.4. The zero-order valence-electron chi connectivity index (χ0n) is 6.29. The fourth-order valence-electron chi connectivity index (χ4n) is 1.39. The van der Waals surface area contributed by atoms with Crippen molar-refractivity contribution in [3.8, 4) is 0 Å². The highest BCUT2D eigenvalue weighted by molar-refractivity contribution is 5.87. The monoisotopic (exact) mass is 156 g/mol. The number of ketones is 1. The molecule has 1 heterocycles. The number of rotatable bonds is 2. The van der Waals surface area contributed by atoms with E-state index in [4.69, 9.17) is 0 Å². The standard InChI is InChI=1S/C7H12N2O2/c10-6(5-1-2-5)7-8-3-4-9(7)11/h5,7-8,11H,1-4H2. The van der Waals surface area contributed by atoms with Gasteiger partial charge in [0.05, 0.1) is 0 Å². The van der Waals surface area contributed by atoms with Crippen LogP contribution in [0.3, 0.4) is 0 Å². The van der Waals surface area contributed by atoms with E-state index in [-0.39, 0.29) is 11.7 Å². The first-order valence-corrected chi connectivity index (χ1v) is 4.01. The van der Waals surface area contributed by atoms with Gasteiger partial charge in [0.1, 0.15) is 6.17 Å². The molecule has 62 valence electrons. The quantitative estimate of drug-likeness (QED) is 0.570. The van der Waals surface area contributed by atoms with Crippen LogP contribution in [0.4, 0.5) is 0 Å². The van der Waals surface area contributed by atoms with E-state index in [0.29, 0.717) is 13.1 Å². The summed E-state index contributed by atoms with van der Waals surface area (Å²) in [5, 5.41) is 13.2. The van der Waals surface area contributed by atoms with Crippen LogP contribution in [0.25, 0.3) is 0 Å². The Morgan fingerprint density at radius 2 is 2.27 bits per heavy atom. The second-order valence-corrected chi connectivity index (χ2v) is 3.20. The summed E-state index contributed by atoms with van der Waals surface area (Å²) in [6, 6.07) is 0. The van der Waals surface area contributed by atoms with Crippen LogP contribution < -0.4 is 5.32 Å². The van der Waals surface area contributed by atoms with Gasteiger partial charge in [-0.05, 0) is 12.8 Å². The molecule has 1 saturated carbocycles. The Hall–Kier alpha value is -0.450. The zero-order valence-corrected chi connectivity index (χ0v) is 6.29. The SMILES string of the molecule is O=C(C1CC1)C1NCCN1O. The van der Waals surface area contributed by atoms with Gasteiger partial charge in [-0.1, -0.05) is 0 Å². The van der Waals surface area contributed by atoms with Gasteiger partial charge in [-0.15, -0.1) is 0 Å². The van der Waals surface area contributed by atoms with Crippen molar-refractivity contribution >= 4 is 5.78 Å². The zero-order chi connectivity index (χ0) is 7.84. The summed E-state index contributed by atoms with van der Waals surface area (Å²) in [7, 11) is 0. The van der Waals surface area contributed by atoms with Crippen LogP contribution in [0.1, 0.15) is 12.8 Å². The molecule has 2 rings (SSSR count). The summed E-state index contributed by atoms with van der Waals surface area (Å²) in [4.78, 5) is 11.4. The van der Waals surface area contributed by atoms with Crippen molar-refractivity contribution < 1.29 is 10.0 Å². The molecule has 2 aliphatic rings. The highest BCUT2D eigenvalue weighted by Crippen LogP contribution is 2.31. The Morgan fingerprint density at radius 1 is 1.55 bits per heavy atom. The molecule has 0 aromatic carbocycles. The summed E-state index contributed by atoms with van der Waals surface area (Å²) in [6.07, 6.45) is 1.60. The Bertz CT molecular complexity index is 179. The lowest BCUT2D eigenvalue weighted by Crippen LogP contribution is -2.41. The molecule has 1 atom stereocenters. The highest BCUT2D eigenvalue weighted by Gasteiger charge is 2.39. The van der Waals surface area contributed by atoms with E-state index in [1.165, 1.54) is 0 Å². The minimum Gasteiger partial charge on any atom is -0.312 e. The molecule has 1 unspecified atom stereocenters. The Balaban J connectivity index is 1.96. The normalized spacial score (nSPS) is 32.6. The number of carbonyl (C=O) groups excluding carboxylic acids is 1. The third kappa shape index (κ3) is 1.29. The maximum Gasteiger partial charge on any atom is 0.169 e. The minimum absolute atomic E-state index is 0.157. The summed E-state index contributed by atoms with van der Waals surface area (Å²) >= 11 is 0. The number of nitrogens with zero attached hydrogens (tertiary/aromatic N) is 1.